The number of halogens is 1. The summed E-state index contributed by atoms with van der Waals surface area (Å²) < 4.78 is 24.1. The maximum Gasteiger partial charge on any atom is 0.346 e. The second-order valence-corrected chi connectivity index (χ2v) is 6.12. The van der Waals surface area contributed by atoms with Gasteiger partial charge in [0.15, 0.2) is 0 Å². The van der Waals surface area contributed by atoms with E-state index in [0.717, 1.165) is 6.42 Å². The summed E-state index contributed by atoms with van der Waals surface area (Å²) in [5.74, 6) is -1.85. The van der Waals surface area contributed by atoms with E-state index in [2.05, 4.69) is 0 Å². The minimum atomic E-state index is -0.827. The van der Waals surface area contributed by atoms with Crippen LogP contribution in [0.5, 0.6) is 5.75 Å². The Morgan fingerprint density at radius 1 is 0.821 bits per heavy atom. The Morgan fingerprint density at radius 3 is 2.36 bits per heavy atom. The van der Waals surface area contributed by atoms with Crippen molar-refractivity contribution in [1.29, 1.82) is 0 Å². The Bertz CT molecular complexity index is 954. The van der Waals surface area contributed by atoms with E-state index in [1.54, 1.807) is 18.2 Å². The molecule has 0 radical (unpaired) electrons. The Labute approximate surface area is 162 Å². The lowest BCUT2D eigenvalue weighted by atomic mass is 10.1. The quantitative estimate of drug-likeness (QED) is 0.336. The van der Waals surface area contributed by atoms with Crippen molar-refractivity contribution in [2.75, 3.05) is 6.61 Å². The van der Waals surface area contributed by atoms with E-state index < -0.39 is 17.8 Å². The predicted octanol–water partition coefficient (Wildman–Crippen LogP) is 4.83. The monoisotopic (exact) mass is 378 g/mol. The van der Waals surface area contributed by atoms with Gasteiger partial charge in [-0.25, -0.2) is 14.0 Å². The fourth-order valence-electron chi connectivity index (χ4n) is 2.64. The first kappa shape index (κ1) is 19.3. The van der Waals surface area contributed by atoms with Crippen LogP contribution in [-0.4, -0.2) is 18.5 Å². The molecule has 142 valence electrons. The second-order valence-electron chi connectivity index (χ2n) is 6.12. The smallest absolute Gasteiger partial charge is 0.346 e. The van der Waals surface area contributed by atoms with Gasteiger partial charge in [-0.2, -0.15) is 0 Å². The fraction of sp³-hybridized carbons (Fsp3) is 0.130. The molecular formula is C23H19FO4. The molecule has 5 heteroatoms. The van der Waals surface area contributed by atoms with Crippen LogP contribution in [0.4, 0.5) is 4.39 Å². The molecule has 0 unspecified atom stereocenters. The van der Waals surface area contributed by atoms with E-state index in [0.29, 0.717) is 6.42 Å². The molecule has 3 rings (SSSR count). The zero-order chi connectivity index (χ0) is 19.8. The Balaban J connectivity index is 1.54. The Kier molecular flexibility index (Phi) is 6.52. The number of aryl methyl sites for hydroxylation is 1. The molecule has 0 atom stereocenters. The zero-order valence-electron chi connectivity index (χ0n) is 15.1. The topological polar surface area (TPSA) is 52.6 Å². The highest BCUT2D eigenvalue weighted by atomic mass is 19.1. The average Bonchev–Trinajstić information content (AvgIpc) is 2.72. The van der Waals surface area contributed by atoms with Gasteiger partial charge in [0.05, 0.1) is 17.7 Å². The molecule has 0 N–H and O–H groups in total. The molecule has 0 aliphatic heterocycles. The van der Waals surface area contributed by atoms with Crippen LogP contribution >= 0.6 is 0 Å². The molecule has 0 aromatic heterocycles. The number of benzene rings is 3. The van der Waals surface area contributed by atoms with Crippen LogP contribution in [-0.2, 0) is 11.2 Å². The Hall–Kier alpha value is -3.47. The van der Waals surface area contributed by atoms with Gasteiger partial charge in [-0.05, 0) is 48.7 Å². The molecule has 0 saturated heterocycles. The van der Waals surface area contributed by atoms with Gasteiger partial charge in [-0.15, -0.1) is 0 Å². The number of rotatable bonds is 7. The van der Waals surface area contributed by atoms with Gasteiger partial charge in [-0.1, -0.05) is 48.5 Å². The van der Waals surface area contributed by atoms with Crippen molar-refractivity contribution < 1.29 is 23.5 Å². The van der Waals surface area contributed by atoms with Crippen LogP contribution in [0, 0.1) is 5.82 Å². The number of carbonyl (C=O) groups is 2. The molecule has 0 amide bonds. The lowest BCUT2D eigenvalue weighted by Gasteiger charge is -2.08. The van der Waals surface area contributed by atoms with Gasteiger partial charge < -0.3 is 9.47 Å². The van der Waals surface area contributed by atoms with E-state index in [1.165, 1.54) is 35.9 Å². The van der Waals surface area contributed by atoms with Gasteiger partial charge >= 0.3 is 11.9 Å². The minimum absolute atomic E-state index is 0.145. The number of hydrogen-bond acceptors (Lipinski definition) is 4. The first-order chi connectivity index (χ1) is 13.6. The molecule has 4 nitrogen and oxygen atoms in total. The highest BCUT2D eigenvalue weighted by Crippen LogP contribution is 2.17. The fourth-order valence-corrected chi connectivity index (χ4v) is 2.64. The first-order valence-electron chi connectivity index (χ1n) is 8.91. The largest absolute Gasteiger partial charge is 0.462 e. The van der Waals surface area contributed by atoms with Crippen molar-refractivity contribution in [3.63, 3.8) is 0 Å². The summed E-state index contributed by atoms with van der Waals surface area (Å²) in [7, 11) is 0. The molecule has 0 fully saturated rings. The van der Waals surface area contributed by atoms with Crippen LogP contribution in [0.15, 0.2) is 78.9 Å². The van der Waals surface area contributed by atoms with E-state index in [1.807, 2.05) is 30.3 Å². The molecule has 3 aromatic carbocycles. The van der Waals surface area contributed by atoms with Gasteiger partial charge in [0, 0.05) is 0 Å². The van der Waals surface area contributed by atoms with Gasteiger partial charge in [-0.3, -0.25) is 0 Å². The van der Waals surface area contributed by atoms with Crippen LogP contribution in [0.2, 0.25) is 0 Å². The molecule has 0 heterocycles. The van der Waals surface area contributed by atoms with Crippen LogP contribution in [0.1, 0.15) is 32.7 Å². The van der Waals surface area contributed by atoms with E-state index in [9.17, 15) is 14.0 Å². The van der Waals surface area contributed by atoms with Crippen molar-refractivity contribution in [3.8, 4) is 5.75 Å². The number of hydrogen-bond donors (Lipinski definition) is 0. The maximum absolute atomic E-state index is 13.7. The van der Waals surface area contributed by atoms with E-state index in [4.69, 9.17) is 9.47 Å². The predicted molar refractivity (Wildman–Crippen MR) is 103 cm³/mol. The lowest BCUT2D eigenvalue weighted by Crippen LogP contribution is -2.11. The summed E-state index contributed by atoms with van der Waals surface area (Å²) in [6.07, 6.45) is 1.52. The summed E-state index contributed by atoms with van der Waals surface area (Å²) in [5.41, 5.74) is 1.27. The second kappa shape index (κ2) is 9.46. The number of esters is 2. The third-order valence-corrected chi connectivity index (χ3v) is 4.06. The van der Waals surface area contributed by atoms with Crippen molar-refractivity contribution in [1.82, 2.24) is 0 Å². The molecule has 0 spiro atoms. The van der Waals surface area contributed by atoms with Gasteiger partial charge in [0.1, 0.15) is 11.6 Å². The SMILES string of the molecule is O=C(OCCCc1ccccc1)c1cccc(OC(=O)c2ccccc2F)c1. The molecule has 3 aromatic rings. The van der Waals surface area contributed by atoms with Crippen LogP contribution < -0.4 is 4.74 Å². The molecule has 0 aliphatic carbocycles. The van der Waals surface area contributed by atoms with E-state index >= 15 is 0 Å². The molecular weight excluding hydrogens is 359 g/mol. The zero-order valence-corrected chi connectivity index (χ0v) is 15.1. The highest BCUT2D eigenvalue weighted by Gasteiger charge is 2.15. The summed E-state index contributed by atoms with van der Waals surface area (Å²) in [5, 5.41) is 0. The third-order valence-electron chi connectivity index (χ3n) is 4.06. The van der Waals surface area contributed by atoms with Crippen molar-refractivity contribution >= 4 is 11.9 Å². The van der Waals surface area contributed by atoms with Crippen molar-refractivity contribution in [2.45, 2.75) is 12.8 Å². The minimum Gasteiger partial charge on any atom is -0.462 e. The van der Waals surface area contributed by atoms with E-state index in [-0.39, 0.29) is 23.5 Å². The van der Waals surface area contributed by atoms with Crippen LogP contribution in [0.3, 0.4) is 0 Å². The lowest BCUT2D eigenvalue weighted by molar-refractivity contribution is 0.0498. The standard InChI is InChI=1S/C23H19FO4/c24-21-14-5-4-13-20(21)23(26)28-19-12-6-11-18(16-19)22(25)27-15-7-10-17-8-2-1-3-9-17/h1-6,8-9,11-14,16H,7,10,15H2. The third kappa shape index (κ3) is 5.27. The molecule has 0 saturated carbocycles. The average molecular weight is 378 g/mol. The first-order valence-corrected chi connectivity index (χ1v) is 8.91. The summed E-state index contributed by atoms with van der Waals surface area (Å²) in [6, 6.07) is 21.5. The van der Waals surface area contributed by atoms with Gasteiger partial charge in [0.2, 0.25) is 0 Å². The summed E-state index contributed by atoms with van der Waals surface area (Å²) in [4.78, 5) is 24.3. The highest BCUT2D eigenvalue weighted by molar-refractivity contribution is 5.92. The normalized spacial score (nSPS) is 10.3. The summed E-state index contributed by atoms with van der Waals surface area (Å²) in [6.45, 7) is 0.285. The molecule has 0 bridgehead atoms. The number of ether oxygens (including phenoxy) is 2. The van der Waals surface area contributed by atoms with Crippen LogP contribution in [0.25, 0.3) is 0 Å². The molecule has 0 aliphatic rings. The van der Waals surface area contributed by atoms with Crippen molar-refractivity contribution in [2.24, 2.45) is 0 Å². The molecule has 28 heavy (non-hydrogen) atoms. The van der Waals surface area contributed by atoms with Gasteiger partial charge in [0.25, 0.3) is 0 Å². The Morgan fingerprint density at radius 2 is 1.57 bits per heavy atom. The number of carbonyl (C=O) groups excluding carboxylic acids is 2. The van der Waals surface area contributed by atoms with Crippen molar-refractivity contribution in [3.05, 3.63) is 101 Å². The maximum atomic E-state index is 13.7. The summed E-state index contributed by atoms with van der Waals surface area (Å²) >= 11 is 0.